The fourth-order valence-electron chi connectivity index (χ4n) is 4.91. The molecule has 0 N–H and O–H groups in total. The smallest absolute Gasteiger partial charge is 0.269 e. The molecule has 4 rings (SSSR count). The highest BCUT2D eigenvalue weighted by Crippen LogP contribution is 2.28. The van der Waals surface area contributed by atoms with Crippen molar-refractivity contribution in [1.29, 1.82) is 0 Å². The number of anilines is 2. The number of likely N-dealkylation sites (N-methyl/N-ethyl adjacent to an activating group) is 1. The minimum absolute atomic E-state index is 0.114. The highest BCUT2D eigenvalue weighted by molar-refractivity contribution is 5.59. The van der Waals surface area contributed by atoms with E-state index in [1.807, 2.05) is 13.0 Å². The van der Waals surface area contributed by atoms with Crippen LogP contribution in [0.4, 0.5) is 17.2 Å². The number of nitrogens with zero attached hydrogens (tertiary/aromatic N) is 6. The predicted molar refractivity (Wildman–Crippen MR) is 139 cm³/mol. The molecule has 0 atom stereocenters. The maximum absolute atomic E-state index is 11.4. The van der Waals surface area contributed by atoms with Crippen molar-refractivity contribution in [3.8, 4) is 0 Å². The van der Waals surface area contributed by atoms with Gasteiger partial charge in [-0.1, -0.05) is 0 Å². The van der Waals surface area contributed by atoms with Gasteiger partial charge in [0, 0.05) is 94.6 Å². The van der Waals surface area contributed by atoms with E-state index in [1.165, 1.54) is 5.56 Å². The summed E-state index contributed by atoms with van der Waals surface area (Å²) in [7, 11) is 2.16. The van der Waals surface area contributed by atoms with Crippen molar-refractivity contribution in [3.05, 3.63) is 57.3 Å². The van der Waals surface area contributed by atoms with Gasteiger partial charge in [0.1, 0.15) is 5.82 Å². The number of benzene rings is 1. The average molecular weight is 483 g/mol. The summed E-state index contributed by atoms with van der Waals surface area (Å²) in [5, 5.41) is 11.4. The average Bonchev–Trinajstić information content (AvgIpc) is 2.84. The van der Waals surface area contributed by atoms with Gasteiger partial charge in [-0.05, 0) is 51.1 Å². The molecule has 2 saturated heterocycles. The second-order valence-electron chi connectivity index (χ2n) is 9.74. The van der Waals surface area contributed by atoms with Gasteiger partial charge in [-0.25, -0.2) is 4.98 Å². The van der Waals surface area contributed by atoms with E-state index in [0.29, 0.717) is 13.2 Å². The van der Waals surface area contributed by atoms with Gasteiger partial charge < -0.3 is 24.3 Å². The zero-order valence-electron chi connectivity index (χ0n) is 21.3. The van der Waals surface area contributed by atoms with Gasteiger partial charge in [0.2, 0.25) is 0 Å². The summed E-state index contributed by atoms with van der Waals surface area (Å²) in [5.41, 5.74) is 4.28. The molecule has 0 bridgehead atoms. The number of aromatic nitrogens is 1. The van der Waals surface area contributed by atoms with Gasteiger partial charge >= 0.3 is 0 Å². The first-order valence-electron chi connectivity index (χ1n) is 12.6. The molecule has 9 nitrogen and oxygen atoms in total. The molecule has 0 amide bonds. The summed E-state index contributed by atoms with van der Waals surface area (Å²) >= 11 is 0. The molecular formula is C26H38N6O3. The molecule has 9 heteroatoms. The number of pyridine rings is 1. The van der Waals surface area contributed by atoms with Crippen LogP contribution >= 0.6 is 0 Å². The zero-order chi connectivity index (χ0) is 24.8. The van der Waals surface area contributed by atoms with E-state index < -0.39 is 0 Å². The summed E-state index contributed by atoms with van der Waals surface area (Å²) in [6, 6.07) is 9.38. The van der Waals surface area contributed by atoms with Crippen molar-refractivity contribution in [3.63, 3.8) is 0 Å². The van der Waals surface area contributed by atoms with Gasteiger partial charge in [0.15, 0.2) is 0 Å². The van der Waals surface area contributed by atoms with Crippen molar-refractivity contribution in [2.24, 2.45) is 0 Å². The van der Waals surface area contributed by atoms with Crippen LogP contribution in [0.15, 0.2) is 30.3 Å². The molecule has 0 saturated carbocycles. The van der Waals surface area contributed by atoms with Crippen LogP contribution < -0.4 is 9.80 Å². The first kappa shape index (κ1) is 25.3. The lowest BCUT2D eigenvalue weighted by atomic mass is 10.1. The van der Waals surface area contributed by atoms with Crippen molar-refractivity contribution >= 4 is 17.2 Å². The van der Waals surface area contributed by atoms with Crippen molar-refractivity contribution in [1.82, 2.24) is 14.8 Å². The molecule has 1 aromatic heterocycles. The lowest BCUT2D eigenvalue weighted by molar-refractivity contribution is -0.384. The van der Waals surface area contributed by atoms with Crippen LogP contribution in [-0.4, -0.2) is 92.3 Å². The molecule has 35 heavy (non-hydrogen) atoms. The molecule has 2 aliphatic heterocycles. The maximum Gasteiger partial charge on any atom is 0.269 e. The van der Waals surface area contributed by atoms with Crippen LogP contribution in [0.1, 0.15) is 23.2 Å². The molecule has 2 aliphatic rings. The third-order valence-corrected chi connectivity index (χ3v) is 6.92. The van der Waals surface area contributed by atoms with Crippen molar-refractivity contribution < 1.29 is 9.66 Å². The molecule has 0 unspecified atom stereocenters. The van der Waals surface area contributed by atoms with Gasteiger partial charge in [-0.3, -0.25) is 10.1 Å². The van der Waals surface area contributed by atoms with Crippen LogP contribution in [0, 0.1) is 24.0 Å². The third kappa shape index (κ3) is 6.90. The Labute approximate surface area is 208 Å². The first-order valence-corrected chi connectivity index (χ1v) is 12.6. The molecule has 0 aliphatic carbocycles. The lowest BCUT2D eigenvalue weighted by Gasteiger charge is -2.37. The molecule has 2 aromatic rings. The van der Waals surface area contributed by atoms with E-state index in [0.717, 1.165) is 88.1 Å². The maximum atomic E-state index is 11.4. The van der Waals surface area contributed by atoms with Gasteiger partial charge in [0.05, 0.1) is 11.5 Å². The van der Waals surface area contributed by atoms with Gasteiger partial charge in [0.25, 0.3) is 5.69 Å². The Morgan fingerprint density at radius 3 is 2.37 bits per heavy atom. The van der Waals surface area contributed by atoms with Crippen LogP contribution in [0.3, 0.4) is 0 Å². The highest BCUT2D eigenvalue weighted by Gasteiger charge is 2.22. The van der Waals surface area contributed by atoms with E-state index in [2.05, 4.69) is 45.7 Å². The second kappa shape index (κ2) is 11.8. The number of rotatable bonds is 9. The fourth-order valence-corrected chi connectivity index (χ4v) is 4.91. The molecule has 3 heterocycles. The summed E-state index contributed by atoms with van der Waals surface area (Å²) in [6.45, 7) is 14.0. The topological polar surface area (TPSA) is 78.2 Å². The van der Waals surface area contributed by atoms with Crippen LogP contribution in [0.5, 0.6) is 0 Å². The SMILES string of the molecule is Cc1cc(C)nc(N2CCN(c3ccc([N+](=O)[O-])cc3COCCCN3CCN(C)CC3)CC2)c1. The van der Waals surface area contributed by atoms with Crippen molar-refractivity contribution in [2.45, 2.75) is 26.9 Å². The Hall–Kier alpha value is -2.75. The Balaban J connectivity index is 1.34. The molecule has 0 radical (unpaired) electrons. The van der Waals surface area contributed by atoms with Crippen LogP contribution in [-0.2, 0) is 11.3 Å². The standard InChI is InChI=1S/C26H38N6O3/c1-21-17-22(2)27-26(18-21)31-14-12-30(13-15-31)25-6-5-24(32(33)34)19-23(25)20-35-16-4-7-29-10-8-28(3)9-11-29/h5-6,17-19H,4,7-16,20H2,1-3H3. The highest BCUT2D eigenvalue weighted by atomic mass is 16.6. The fraction of sp³-hybridized carbons (Fsp3) is 0.577. The Bertz CT molecular complexity index is 980. The largest absolute Gasteiger partial charge is 0.377 e. The number of aryl methyl sites for hydroxylation is 2. The van der Waals surface area contributed by atoms with Gasteiger partial charge in [-0.15, -0.1) is 0 Å². The summed E-state index contributed by atoms with van der Waals surface area (Å²) < 4.78 is 6.01. The molecule has 0 spiro atoms. The van der Waals surface area contributed by atoms with Crippen LogP contribution in [0.25, 0.3) is 0 Å². The van der Waals surface area contributed by atoms with Gasteiger partial charge in [-0.2, -0.15) is 0 Å². The van der Waals surface area contributed by atoms with E-state index in [-0.39, 0.29) is 10.6 Å². The lowest BCUT2D eigenvalue weighted by Crippen LogP contribution is -2.47. The third-order valence-electron chi connectivity index (χ3n) is 6.92. The minimum atomic E-state index is -0.329. The molecule has 2 fully saturated rings. The molecule has 1 aromatic carbocycles. The normalized spacial score (nSPS) is 17.7. The number of nitro groups is 1. The Morgan fingerprint density at radius 2 is 1.69 bits per heavy atom. The Kier molecular flexibility index (Phi) is 8.54. The van der Waals surface area contributed by atoms with E-state index in [9.17, 15) is 10.1 Å². The molecular weight excluding hydrogens is 444 g/mol. The van der Waals surface area contributed by atoms with E-state index in [4.69, 9.17) is 9.72 Å². The number of ether oxygens (including phenoxy) is 1. The second-order valence-corrected chi connectivity index (χ2v) is 9.74. The van der Waals surface area contributed by atoms with Crippen LogP contribution in [0.2, 0.25) is 0 Å². The summed E-state index contributed by atoms with van der Waals surface area (Å²) in [4.78, 5) is 25.2. The predicted octanol–water partition coefficient (Wildman–Crippen LogP) is 3.09. The summed E-state index contributed by atoms with van der Waals surface area (Å²) in [6.07, 6.45) is 0.968. The number of non-ortho nitro benzene ring substituents is 1. The summed E-state index contributed by atoms with van der Waals surface area (Å²) in [5.74, 6) is 1.02. The van der Waals surface area contributed by atoms with Crippen molar-refractivity contribution in [2.75, 3.05) is 82.4 Å². The Morgan fingerprint density at radius 1 is 0.971 bits per heavy atom. The molecule has 190 valence electrons. The first-order chi connectivity index (χ1) is 16.9. The van der Waals surface area contributed by atoms with E-state index >= 15 is 0 Å². The zero-order valence-corrected chi connectivity index (χ0v) is 21.3. The quantitative estimate of drug-likeness (QED) is 0.307. The number of piperazine rings is 2. The van der Waals surface area contributed by atoms with E-state index in [1.54, 1.807) is 12.1 Å². The minimum Gasteiger partial charge on any atom is -0.377 e. The monoisotopic (exact) mass is 482 g/mol. The number of nitro benzene ring substituents is 1. The number of hydrogen-bond acceptors (Lipinski definition) is 8. The number of hydrogen-bond donors (Lipinski definition) is 0.